The van der Waals surface area contributed by atoms with Gasteiger partial charge < -0.3 is 9.64 Å². The number of nitrogens with zero attached hydrogens (tertiary/aromatic N) is 1. The summed E-state index contributed by atoms with van der Waals surface area (Å²) in [5.74, 6) is 0.417. The minimum absolute atomic E-state index is 0.0362. The van der Waals surface area contributed by atoms with Gasteiger partial charge in [-0.25, -0.2) is 0 Å². The van der Waals surface area contributed by atoms with E-state index >= 15 is 0 Å². The van der Waals surface area contributed by atoms with Gasteiger partial charge in [0.1, 0.15) is 5.54 Å². The molecule has 4 nitrogen and oxygen atoms in total. The summed E-state index contributed by atoms with van der Waals surface area (Å²) in [6.07, 6.45) is 4.49. The summed E-state index contributed by atoms with van der Waals surface area (Å²) in [5, 5.41) is 3.58. The Kier molecular flexibility index (Phi) is 2.44. The van der Waals surface area contributed by atoms with Crippen LogP contribution in [0.4, 0.5) is 0 Å². The molecule has 1 saturated carbocycles. The molecule has 2 aliphatic heterocycles. The highest BCUT2D eigenvalue weighted by molar-refractivity contribution is 5.81. The van der Waals surface area contributed by atoms with Gasteiger partial charge in [-0.3, -0.25) is 10.1 Å². The number of piperidine rings is 1. The van der Waals surface area contributed by atoms with Gasteiger partial charge in [-0.05, 0) is 32.2 Å². The van der Waals surface area contributed by atoms with Crippen molar-refractivity contribution < 1.29 is 9.53 Å². The zero-order valence-electron chi connectivity index (χ0n) is 9.87. The Morgan fingerprint density at radius 2 is 2.19 bits per heavy atom. The van der Waals surface area contributed by atoms with Crippen LogP contribution in [-0.4, -0.2) is 49.2 Å². The van der Waals surface area contributed by atoms with Crippen molar-refractivity contribution in [3.8, 4) is 0 Å². The third kappa shape index (κ3) is 1.55. The quantitative estimate of drug-likeness (QED) is 0.704. The van der Waals surface area contributed by atoms with Crippen LogP contribution in [0.2, 0.25) is 0 Å². The maximum absolute atomic E-state index is 12.1. The van der Waals surface area contributed by atoms with E-state index in [1.54, 1.807) is 0 Å². The van der Waals surface area contributed by atoms with E-state index in [1.807, 2.05) is 0 Å². The zero-order chi connectivity index (χ0) is 11.2. The molecule has 0 radical (unpaired) electrons. The highest BCUT2D eigenvalue weighted by atomic mass is 16.5. The lowest BCUT2D eigenvalue weighted by molar-refractivity contribution is -0.153. The number of esters is 1. The van der Waals surface area contributed by atoms with Crippen LogP contribution in [0.1, 0.15) is 25.7 Å². The highest BCUT2D eigenvalue weighted by Crippen LogP contribution is 2.39. The summed E-state index contributed by atoms with van der Waals surface area (Å²) in [7, 11) is 1.51. The lowest BCUT2D eigenvalue weighted by Gasteiger charge is -2.41. The molecule has 0 aromatic rings. The fourth-order valence-corrected chi connectivity index (χ4v) is 3.27. The number of methoxy groups -OCH3 is 1. The van der Waals surface area contributed by atoms with Crippen LogP contribution in [0.25, 0.3) is 0 Å². The van der Waals surface area contributed by atoms with Crippen LogP contribution in [0, 0.1) is 5.92 Å². The number of hydrogen-bond donors (Lipinski definition) is 1. The predicted molar refractivity (Wildman–Crippen MR) is 60.1 cm³/mol. The SMILES string of the molecule is COC(=O)C1(NC2CC2)CCN2CCC1C2. The molecule has 90 valence electrons. The Morgan fingerprint density at radius 1 is 1.38 bits per heavy atom. The predicted octanol–water partition coefficient (Wildman–Crippen LogP) is 0.376. The maximum Gasteiger partial charge on any atom is 0.326 e. The van der Waals surface area contributed by atoms with Gasteiger partial charge in [-0.1, -0.05) is 0 Å². The van der Waals surface area contributed by atoms with E-state index in [4.69, 9.17) is 4.74 Å². The second-order valence-electron chi connectivity index (χ2n) is 5.42. The summed E-state index contributed by atoms with van der Waals surface area (Å²) in [6, 6.07) is 0.561. The van der Waals surface area contributed by atoms with Crippen LogP contribution >= 0.6 is 0 Å². The van der Waals surface area contributed by atoms with Crippen molar-refractivity contribution >= 4 is 5.97 Å². The fourth-order valence-electron chi connectivity index (χ4n) is 3.27. The number of carbonyl (C=O) groups is 1. The summed E-state index contributed by atoms with van der Waals surface area (Å²) < 4.78 is 5.05. The highest BCUT2D eigenvalue weighted by Gasteiger charge is 2.53. The van der Waals surface area contributed by atoms with E-state index < -0.39 is 0 Å². The summed E-state index contributed by atoms with van der Waals surface area (Å²) >= 11 is 0. The molecule has 1 aliphatic carbocycles. The average Bonchev–Trinajstić information content (AvgIpc) is 3.03. The van der Waals surface area contributed by atoms with Gasteiger partial charge in [0.15, 0.2) is 0 Å². The molecule has 3 atom stereocenters. The van der Waals surface area contributed by atoms with Crippen molar-refractivity contribution in [3.05, 3.63) is 0 Å². The lowest BCUT2D eigenvalue weighted by atomic mass is 9.78. The number of rotatable bonds is 3. The molecule has 3 unspecified atom stereocenters. The zero-order valence-corrected chi connectivity index (χ0v) is 9.87. The van der Waals surface area contributed by atoms with Crippen LogP contribution in [0.3, 0.4) is 0 Å². The number of hydrogen-bond acceptors (Lipinski definition) is 4. The molecule has 16 heavy (non-hydrogen) atoms. The average molecular weight is 224 g/mol. The molecule has 4 heteroatoms. The molecule has 0 amide bonds. The van der Waals surface area contributed by atoms with Crippen molar-refractivity contribution in [2.45, 2.75) is 37.3 Å². The van der Waals surface area contributed by atoms with E-state index in [9.17, 15) is 4.79 Å². The number of nitrogens with one attached hydrogen (secondary N) is 1. The van der Waals surface area contributed by atoms with Gasteiger partial charge in [-0.15, -0.1) is 0 Å². The molecular formula is C12H20N2O2. The van der Waals surface area contributed by atoms with Crippen LogP contribution in [0.15, 0.2) is 0 Å². The van der Waals surface area contributed by atoms with Crippen LogP contribution in [0.5, 0.6) is 0 Å². The first kappa shape index (κ1) is 10.5. The van der Waals surface area contributed by atoms with Gasteiger partial charge in [0.2, 0.25) is 0 Å². The van der Waals surface area contributed by atoms with Crippen molar-refractivity contribution in [3.63, 3.8) is 0 Å². The van der Waals surface area contributed by atoms with Crippen molar-refractivity contribution in [1.82, 2.24) is 10.2 Å². The Morgan fingerprint density at radius 3 is 2.88 bits per heavy atom. The first-order valence-electron chi connectivity index (χ1n) is 6.33. The Hall–Kier alpha value is -0.610. The molecule has 3 rings (SSSR count). The van der Waals surface area contributed by atoms with E-state index in [0.29, 0.717) is 12.0 Å². The second-order valence-corrected chi connectivity index (χ2v) is 5.42. The molecule has 0 aromatic heterocycles. The van der Waals surface area contributed by atoms with Gasteiger partial charge in [0.05, 0.1) is 7.11 Å². The molecule has 3 fully saturated rings. The second kappa shape index (κ2) is 3.70. The number of fused-ring (bicyclic) bond motifs is 2. The number of ether oxygens (including phenoxy) is 1. The minimum atomic E-state index is -0.372. The van der Waals surface area contributed by atoms with Gasteiger partial charge in [0.25, 0.3) is 0 Å². The van der Waals surface area contributed by atoms with E-state index in [0.717, 1.165) is 32.5 Å². The third-order valence-electron chi connectivity index (χ3n) is 4.38. The summed E-state index contributed by atoms with van der Waals surface area (Å²) in [6.45, 7) is 3.25. The number of carbonyl (C=O) groups excluding carboxylic acids is 1. The van der Waals surface area contributed by atoms with Crippen molar-refractivity contribution in [2.75, 3.05) is 26.7 Å². The Bertz CT molecular complexity index is 303. The van der Waals surface area contributed by atoms with E-state index in [-0.39, 0.29) is 11.5 Å². The Labute approximate surface area is 96.3 Å². The van der Waals surface area contributed by atoms with Gasteiger partial charge in [0, 0.05) is 25.0 Å². The normalized spacial score (nSPS) is 42.1. The van der Waals surface area contributed by atoms with Crippen LogP contribution in [-0.2, 0) is 9.53 Å². The van der Waals surface area contributed by atoms with Gasteiger partial charge >= 0.3 is 5.97 Å². The molecule has 2 bridgehead atoms. The summed E-state index contributed by atoms with van der Waals surface area (Å²) in [5.41, 5.74) is -0.372. The monoisotopic (exact) mass is 224 g/mol. The first-order valence-corrected chi connectivity index (χ1v) is 6.33. The molecule has 0 spiro atoms. The first-order chi connectivity index (χ1) is 7.74. The fraction of sp³-hybridized carbons (Fsp3) is 0.917. The van der Waals surface area contributed by atoms with Gasteiger partial charge in [-0.2, -0.15) is 0 Å². The summed E-state index contributed by atoms with van der Waals surface area (Å²) in [4.78, 5) is 14.6. The van der Waals surface area contributed by atoms with Crippen molar-refractivity contribution in [1.29, 1.82) is 0 Å². The molecule has 0 aromatic carbocycles. The largest absolute Gasteiger partial charge is 0.468 e. The lowest BCUT2D eigenvalue weighted by Crippen LogP contribution is -2.62. The van der Waals surface area contributed by atoms with Crippen molar-refractivity contribution in [2.24, 2.45) is 5.92 Å². The van der Waals surface area contributed by atoms with Crippen LogP contribution < -0.4 is 5.32 Å². The maximum atomic E-state index is 12.1. The minimum Gasteiger partial charge on any atom is -0.468 e. The smallest absolute Gasteiger partial charge is 0.326 e. The molecule has 2 heterocycles. The standard InChI is InChI=1S/C12H20N2O2/c1-16-11(15)12(13-10-2-3-10)5-7-14-6-4-9(12)8-14/h9-10,13H,2-8H2,1H3. The molecule has 3 aliphatic rings. The van der Waals surface area contributed by atoms with E-state index in [1.165, 1.54) is 20.0 Å². The molecule has 1 N–H and O–H groups in total. The Balaban J connectivity index is 1.84. The molecule has 2 saturated heterocycles. The topological polar surface area (TPSA) is 41.6 Å². The molecular weight excluding hydrogens is 204 g/mol. The third-order valence-corrected chi connectivity index (χ3v) is 4.38. The van der Waals surface area contributed by atoms with E-state index in [2.05, 4.69) is 10.2 Å².